The molecule has 344 valence electrons. The van der Waals surface area contributed by atoms with E-state index in [9.17, 15) is 30.4 Å². The second kappa shape index (κ2) is 21.7. The number of carbonyl (C=O) groups is 1. The molecule has 1 amide bonds. The van der Waals surface area contributed by atoms with Crippen molar-refractivity contribution in [1.29, 1.82) is 0 Å². The number of sulfonamides is 1. The molecular formula is C46H53Cl2F2N5O6S3. The maximum absolute atomic E-state index is 14.6. The molecule has 4 aromatic rings. The van der Waals surface area contributed by atoms with Crippen molar-refractivity contribution in [3.8, 4) is 0 Å². The van der Waals surface area contributed by atoms with E-state index in [1.165, 1.54) is 59.9 Å². The molecule has 2 N–H and O–H groups in total. The van der Waals surface area contributed by atoms with Crippen molar-refractivity contribution >= 4 is 77.7 Å². The minimum atomic E-state index is -5.62. The van der Waals surface area contributed by atoms with Gasteiger partial charge < -0.3 is 15.0 Å². The number of piperazine rings is 1. The molecule has 1 atom stereocenters. The highest BCUT2D eigenvalue weighted by Gasteiger charge is 2.46. The van der Waals surface area contributed by atoms with Gasteiger partial charge in [0.2, 0.25) is 0 Å². The number of hydrogen-bond donors (Lipinski definition) is 2. The zero-order valence-corrected chi connectivity index (χ0v) is 39.3. The van der Waals surface area contributed by atoms with E-state index in [1.807, 2.05) is 47.2 Å². The quantitative estimate of drug-likeness (QED) is 0.0779. The van der Waals surface area contributed by atoms with Crippen molar-refractivity contribution in [2.75, 3.05) is 81.5 Å². The molecule has 0 aromatic heterocycles. The molecule has 0 saturated carbocycles. The second-order valence-corrected chi connectivity index (χ2v) is 22.1. The first-order valence-electron chi connectivity index (χ1n) is 21.5. The molecule has 2 aliphatic heterocycles. The van der Waals surface area contributed by atoms with Gasteiger partial charge in [0.15, 0.2) is 0 Å². The van der Waals surface area contributed by atoms with Crippen molar-refractivity contribution in [3.05, 3.63) is 119 Å². The standard InChI is InChI=1S/C46H53Cl2F2N5O6S3/c47-37-15-11-34(12-16-37)42-10-6-1-3-7-36(42)32-54-23-25-55(26-24-54)39-17-13-35(14-18-39)45(56)52-64(59,60)41-19-20-43(44(31-41)63(57,58)46(48,49)50)51-38(21-22-53-27-29-61-30-28-53)33-62-40-8-4-2-5-9-40/h2,4-5,8-9,11-20,31,38,51H,1,3,6-7,10,21-30,32-33H2,(H,52,56)/t38-/m1/s1. The summed E-state index contributed by atoms with van der Waals surface area (Å²) >= 11 is 12.8. The van der Waals surface area contributed by atoms with Crippen LogP contribution in [0, 0.1) is 0 Å². The van der Waals surface area contributed by atoms with Crippen LogP contribution in [0.5, 0.6) is 0 Å². The predicted octanol–water partition coefficient (Wildman–Crippen LogP) is 8.86. The van der Waals surface area contributed by atoms with Gasteiger partial charge in [0.25, 0.3) is 25.8 Å². The minimum absolute atomic E-state index is 0.0402. The molecule has 3 aliphatic rings. The number of alkyl halides is 3. The predicted molar refractivity (Wildman–Crippen MR) is 252 cm³/mol. The first-order chi connectivity index (χ1) is 30.7. The molecule has 64 heavy (non-hydrogen) atoms. The van der Waals surface area contributed by atoms with Crippen LogP contribution in [-0.4, -0.2) is 115 Å². The number of morpholine rings is 1. The summed E-state index contributed by atoms with van der Waals surface area (Å²) < 4.78 is 85.7. The van der Waals surface area contributed by atoms with Gasteiger partial charge in [-0.15, -0.1) is 11.8 Å². The molecular weight excluding hydrogens is 924 g/mol. The van der Waals surface area contributed by atoms with Crippen LogP contribution in [0.2, 0.25) is 5.02 Å². The number of ether oxygens (including phenoxy) is 1. The fourth-order valence-electron chi connectivity index (χ4n) is 8.25. The lowest BCUT2D eigenvalue weighted by Crippen LogP contribution is -2.47. The van der Waals surface area contributed by atoms with Gasteiger partial charge in [-0.05, 0) is 122 Å². The third-order valence-electron chi connectivity index (χ3n) is 11.8. The van der Waals surface area contributed by atoms with Crippen LogP contribution in [-0.2, 0) is 24.6 Å². The van der Waals surface area contributed by atoms with Gasteiger partial charge in [0.1, 0.15) is 0 Å². The van der Waals surface area contributed by atoms with Gasteiger partial charge in [-0.2, -0.15) is 8.78 Å². The fourth-order valence-corrected chi connectivity index (χ4v) is 11.6. The summed E-state index contributed by atoms with van der Waals surface area (Å²) in [6, 6.07) is 26.5. The number of rotatable bonds is 17. The molecule has 0 bridgehead atoms. The molecule has 2 heterocycles. The summed E-state index contributed by atoms with van der Waals surface area (Å²) in [5.74, 6) is -0.540. The Hall–Kier alpha value is -3.74. The number of thioether (sulfide) groups is 1. The van der Waals surface area contributed by atoms with Crippen molar-refractivity contribution in [3.63, 3.8) is 0 Å². The molecule has 7 rings (SSSR count). The summed E-state index contributed by atoms with van der Waals surface area (Å²) in [5, 5.41) is 3.83. The van der Waals surface area contributed by atoms with Gasteiger partial charge in [-0.25, -0.2) is 21.6 Å². The van der Waals surface area contributed by atoms with Crippen molar-refractivity contribution in [1.82, 2.24) is 14.5 Å². The largest absolute Gasteiger partial charge is 0.427 e. The topological polar surface area (TPSA) is 128 Å². The number of sulfone groups is 1. The molecule has 4 aromatic carbocycles. The first kappa shape index (κ1) is 48.2. The Morgan fingerprint density at radius 2 is 1.50 bits per heavy atom. The average Bonchev–Trinajstić information content (AvgIpc) is 3.53. The number of benzene rings is 4. The van der Waals surface area contributed by atoms with E-state index < -0.39 is 46.3 Å². The highest BCUT2D eigenvalue weighted by Crippen LogP contribution is 2.38. The van der Waals surface area contributed by atoms with Crippen LogP contribution in [0.15, 0.2) is 117 Å². The molecule has 2 saturated heterocycles. The molecule has 0 spiro atoms. The average molecular weight is 977 g/mol. The first-order valence-corrected chi connectivity index (χ1v) is 26.2. The summed E-state index contributed by atoms with van der Waals surface area (Å²) in [7, 11) is -10.4. The monoisotopic (exact) mass is 975 g/mol. The van der Waals surface area contributed by atoms with Gasteiger partial charge in [-0.3, -0.25) is 14.6 Å². The van der Waals surface area contributed by atoms with Crippen molar-refractivity contribution in [2.45, 2.75) is 64.0 Å². The van der Waals surface area contributed by atoms with Gasteiger partial charge in [0, 0.05) is 85.3 Å². The smallest absolute Gasteiger partial charge is 0.380 e. The van der Waals surface area contributed by atoms with Crippen LogP contribution in [0.4, 0.5) is 20.2 Å². The number of amides is 1. The van der Waals surface area contributed by atoms with E-state index in [2.05, 4.69) is 32.1 Å². The summed E-state index contributed by atoms with van der Waals surface area (Å²) in [4.78, 5) is 19.5. The lowest BCUT2D eigenvalue weighted by Gasteiger charge is -2.37. The number of allylic oxidation sites excluding steroid dienone is 1. The Labute approximate surface area is 389 Å². The Morgan fingerprint density at radius 3 is 2.19 bits per heavy atom. The highest BCUT2D eigenvalue weighted by molar-refractivity contribution is 7.99. The van der Waals surface area contributed by atoms with Gasteiger partial charge in [0.05, 0.1) is 28.7 Å². The number of nitrogens with zero attached hydrogens (tertiary/aromatic N) is 3. The maximum Gasteiger partial charge on any atom is 0.427 e. The zero-order chi connectivity index (χ0) is 45.3. The van der Waals surface area contributed by atoms with Gasteiger partial charge >= 0.3 is 4.71 Å². The zero-order valence-electron chi connectivity index (χ0n) is 35.4. The fraction of sp³-hybridized carbons (Fsp3) is 0.413. The van der Waals surface area contributed by atoms with Crippen LogP contribution < -0.4 is 14.9 Å². The van der Waals surface area contributed by atoms with Crippen LogP contribution in [0.25, 0.3) is 5.57 Å². The third kappa shape index (κ3) is 12.6. The van der Waals surface area contributed by atoms with E-state index >= 15 is 0 Å². The molecule has 1 aliphatic carbocycles. The van der Waals surface area contributed by atoms with E-state index in [0.29, 0.717) is 51.1 Å². The number of anilines is 2. The van der Waals surface area contributed by atoms with Crippen LogP contribution in [0.1, 0.15) is 54.4 Å². The minimum Gasteiger partial charge on any atom is -0.380 e. The Bertz CT molecular complexity index is 2470. The summed E-state index contributed by atoms with van der Waals surface area (Å²) in [6.07, 6.45) is 6.21. The van der Waals surface area contributed by atoms with E-state index in [0.717, 1.165) is 73.3 Å². The van der Waals surface area contributed by atoms with E-state index in [1.54, 1.807) is 12.1 Å². The molecule has 2 fully saturated rings. The van der Waals surface area contributed by atoms with Gasteiger partial charge in [-0.1, -0.05) is 53.9 Å². The number of carbonyl (C=O) groups excluding carboxylic acids is 1. The number of nitrogens with one attached hydrogen (secondary N) is 2. The summed E-state index contributed by atoms with van der Waals surface area (Å²) in [5.41, 5.74) is 4.82. The molecule has 0 unspecified atom stereocenters. The summed E-state index contributed by atoms with van der Waals surface area (Å²) in [6.45, 7) is 7.33. The normalized spacial score (nSPS) is 17.8. The number of halogens is 4. The lowest BCUT2D eigenvalue weighted by atomic mass is 9.95. The van der Waals surface area contributed by atoms with Crippen LogP contribution >= 0.6 is 35.0 Å². The van der Waals surface area contributed by atoms with Crippen LogP contribution in [0.3, 0.4) is 0 Å². The van der Waals surface area contributed by atoms with E-state index in [4.69, 9.17) is 27.9 Å². The SMILES string of the molecule is O=C(NS(=O)(=O)c1ccc(N[C@H](CCN2CCOCC2)CSc2ccccc2)c(S(=O)(=O)C(F)(F)Cl)c1)c1ccc(N2CCN(CC3=C(c4ccc(Cl)cc4)CCCCC3)CC2)cc1. The number of hydrogen-bond acceptors (Lipinski definition) is 11. The second-order valence-electron chi connectivity index (χ2n) is 16.2. The van der Waals surface area contributed by atoms with E-state index in [-0.39, 0.29) is 11.3 Å². The van der Waals surface area contributed by atoms with Crippen molar-refractivity contribution in [2.24, 2.45) is 0 Å². The molecule has 0 radical (unpaired) electrons. The highest BCUT2D eigenvalue weighted by atomic mass is 35.5. The molecule has 11 nitrogen and oxygen atoms in total. The maximum atomic E-state index is 14.6. The van der Waals surface area contributed by atoms with Crippen molar-refractivity contribution < 1.29 is 35.1 Å². The lowest BCUT2D eigenvalue weighted by molar-refractivity contribution is 0.0370. The Kier molecular flexibility index (Phi) is 16.3. The third-order valence-corrected chi connectivity index (χ3v) is 16.7. The Morgan fingerprint density at radius 1 is 0.812 bits per heavy atom. The molecule has 18 heteroatoms. The Balaban J connectivity index is 1.01.